The first kappa shape index (κ1) is 13.3. The van der Waals surface area contributed by atoms with Crippen LogP contribution in [-0.4, -0.2) is 19.3 Å². The summed E-state index contributed by atoms with van der Waals surface area (Å²) in [5.74, 6) is 0. The number of rotatable bonds is 5. The van der Waals surface area contributed by atoms with Crippen molar-refractivity contribution in [2.75, 3.05) is 13.2 Å². The van der Waals surface area contributed by atoms with Crippen molar-refractivity contribution in [3.63, 3.8) is 0 Å². The number of ether oxygens (including phenoxy) is 1. The van der Waals surface area contributed by atoms with Crippen LogP contribution in [-0.2, 0) is 4.74 Å². The average molecular weight is 267 g/mol. The second-order valence-electron chi connectivity index (χ2n) is 5.33. The van der Waals surface area contributed by atoms with Crippen molar-refractivity contribution in [2.24, 2.45) is 0 Å². The van der Waals surface area contributed by atoms with Gasteiger partial charge in [-0.2, -0.15) is 0 Å². The van der Waals surface area contributed by atoms with E-state index in [0.717, 1.165) is 13.2 Å². The van der Waals surface area contributed by atoms with Gasteiger partial charge >= 0.3 is 0 Å². The van der Waals surface area contributed by atoms with E-state index in [-0.39, 0.29) is 6.04 Å². The van der Waals surface area contributed by atoms with Crippen LogP contribution < -0.4 is 5.32 Å². The van der Waals surface area contributed by atoms with Crippen molar-refractivity contribution in [1.82, 2.24) is 5.32 Å². The highest BCUT2D eigenvalue weighted by molar-refractivity contribution is 5.78. The van der Waals surface area contributed by atoms with Gasteiger partial charge in [0.1, 0.15) is 0 Å². The fraction of sp³-hybridized carbons (Fsp3) is 0.333. The largest absolute Gasteiger partial charge is 0.380 e. The standard InChI is InChI=1S/C18H21NO/c1-3-20-12-13(2)19-18-16-10-6-4-8-14(16)15-9-5-7-11-17(15)18/h4-11,13,18-19H,3,12H2,1-2H3. The van der Waals surface area contributed by atoms with Gasteiger partial charge < -0.3 is 10.1 Å². The summed E-state index contributed by atoms with van der Waals surface area (Å²) in [7, 11) is 0. The number of fused-ring (bicyclic) bond motifs is 3. The molecule has 20 heavy (non-hydrogen) atoms. The third-order valence-electron chi connectivity index (χ3n) is 3.86. The molecule has 1 unspecified atom stereocenters. The van der Waals surface area contributed by atoms with Crippen LogP contribution in [0.3, 0.4) is 0 Å². The third-order valence-corrected chi connectivity index (χ3v) is 3.86. The summed E-state index contributed by atoms with van der Waals surface area (Å²) in [6, 6.07) is 17.9. The Labute approximate surface area is 120 Å². The fourth-order valence-corrected chi connectivity index (χ4v) is 2.96. The number of hydrogen-bond donors (Lipinski definition) is 1. The molecular weight excluding hydrogens is 246 g/mol. The molecule has 2 aromatic carbocycles. The molecule has 0 saturated carbocycles. The van der Waals surface area contributed by atoms with Gasteiger partial charge in [0.05, 0.1) is 12.6 Å². The van der Waals surface area contributed by atoms with Crippen molar-refractivity contribution in [2.45, 2.75) is 25.9 Å². The Hall–Kier alpha value is -1.64. The quantitative estimate of drug-likeness (QED) is 0.890. The second kappa shape index (κ2) is 5.78. The van der Waals surface area contributed by atoms with Crippen LogP contribution in [0.25, 0.3) is 11.1 Å². The molecular formula is C18H21NO. The van der Waals surface area contributed by atoms with E-state index in [1.165, 1.54) is 22.3 Å². The first-order valence-electron chi connectivity index (χ1n) is 7.33. The maximum atomic E-state index is 5.52. The van der Waals surface area contributed by atoms with Gasteiger partial charge in [0.2, 0.25) is 0 Å². The minimum Gasteiger partial charge on any atom is -0.380 e. The lowest BCUT2D eigenvalue weighted by atomic mass is 10.0. The molecule has 2 heteroatoms. The minimum atomic E-state index is 0.276. The monoisotopic (exact) mass is 267 g/mol. The molecule has 0 saturated heterocycles. The Morgan fingerprint density at radius 3 is 2.10 bits per heavy atom. The summed E-state index contributed by atoms with van der Waals surface area (Å²) < 4.78 is 5.52. The molecule has 0 fully saturated rings. The maximum Gasteiger partial charge on any atom is 0.0617 e. The minimum absolute atomic E-state index is 0.276. The molecule has 1 aliphatic rings. The van der Waals surface area contributed by atoms with E-state index < -0.39 is 0 Å². The van der Waals surface area contributed by atoms with Crippen LogP contribution in [0.5, 0.6) is 0 Å². The molecule has 1 atom stereocenters. The van der Waals surface area contributed by atoms with E-state index in [4.69, 9.17) is 4.74 Å². The van der Waals surface area contributed by atoms with Crippen molar-refractivity contribution >= 4 is 0 Å². The fourth-order valence-electron chi connectivity index (χ4n) is 2.96. The lowest BCUT2D eigenvalue weighted by Crippen LogP contribution is -2.33. The third kappa shape index (κ3) is 2.37. The van der Waals surface area contributed by atoms with E-state index in [1.807, 2.05) is 6.92 Å². The smallest absolute Gasteiger partial charge is 0.0617 e. The van der Waals surface area contributed by atoms with Crippen molar-refractivity contribution in [3.05, 3.63) is 59.7 Å². The molecule has 0 spiro atoms. The van der Waals surface area contributed by atoms with E-state index in [0.29, 0.717) is 6.04 Å². The first-order chi connectivity index (χ1) is 9.81. The average Bonchev–Trinajstić information content (AvgIpc) is 2.80. The van der Waals surface area contributed by atoms with E-state index in [1.54, 1.807) is 0 Å². The van der Waals surface area contributed by atoms with Gasteiger partial charge in [0.15, 0.2) is 0 Å². The maximum absolute atomic E-state index is 5.52. The van der Waals surface area contributed by atoms with E-state index >= 15 is 0 Å². The molecule has 1 aliphatic carbocycles. The highest BCUT2D eigenvalue weighted by Gasteiger charge is 2.28. The zero-order valence-electron chi connectivity index (χ0n) is 12.1. The molecule has 0 bridgehead atoms. The van der Waals surface area contributed by atoms with Crippen molar-refractivity contribution in [1.29, 1.82) is 0 Å². The van der Waals surface area contributed by atoms with Gasteiger partial charge in [-0.15, -0.1) is 0 Å². The van der Waals surface area contributed by atoms with Crippen LogP contribution in [0.1, 0.15) is 31.0 Å². The Balaban J connectivity index is 1.91. The summed E-state index contributed by atoms with van der Waals surface area (Å²) in [4.78, 5) is 0. The molecule has 0 amide bonds. The molecule has 2 aromatic rings. The van der Waals surface area contributed by atoms with Gasteiger partial charge in [-0.1, -0.05) is 48.5 Å². The van der Waals surface area contributed by atoms with Crippen LogP contribution in [0.2, 0.25) is 0 Å². The van der Waals surface area contributed by atoms with Crippen molar-refractivity contribution in [3.8, 4) is 11.1 Å². The summed E-state index contributed by atoms with van der Waals surface area (Å²) >= 11 is 0. The lowest BCUT2D eigenvalue weighted by Gasteiger charge is -2.21. The Kier molecular flexibility index (Phi) is 3.86. The SMILES string of the molecule is CCOCC(C)NC1c2ccccc2-c2ccccc21. The lowest BCUT2D eigenvalue weighted by molar-refractivity contribution is 0.125. The number of benzene rings is 2. The Morgan fingerprint density at radius 2 is 1.55 bits per heavy atom. The molecule has 0 heterocycles. The van der Waals surface area contributed by atoms with Crippen LogP contribution in [0.15, 0.2) is 48.5 Å². The number of hydrogen-bond acceptors (Lipinski definition) is 2. The topological polar surface area (TPSA) is 21.3 Å². The zero-order valence-corrected chi connectivity index (χ0v) is 12.1. The van der Waals surface area contributed by atoms with Gasteiger partial charge in [-0.3, -0.25) is 0 Å². The first-order valence-corrected chi connectivity index (χ1v) is 7.33. The van der Waals surface area contributed by atoms with Gasteiger partial charge in [-0.25, -0.2) is 0 Å². The zero-order chi connectivity index (χ0) is 13.9. The predicted octanol–water partition coefficient (Wildman–Crippen LogP) is 3.77. The van der Waals surface area contributed by atoms with Crippen LogP contribution in [0, 0.1) is 0 Å². The summed E-state index contributed by atoms with van der Waals surface area (Å²) in [5.41, 5.74) is 5.45. The number of nitrogens with one attached hydrogen (secondary N) is 1. The highest BCUT2D eigenvalue weighted by atomic mass is 16.5. The van der Waals surface area contributed by atoms with Gasteiger partial charge in [0, 0.05) is 12.6 Å². The van der Waals surface area contributed by atoms with E-state index in [2.05, 4.69) is 60.8 Å². The Bertz CT molecular complexity index is 548. The molecule has 1 N–H and O–H groups in total. The van der Waals surface area contributed by atoms with Crippen molar-refractivity contribution < 1.29 is 4.74 Å². The molecule has 2 nitrogen and oxygen atoms in total. The summed E-state index contributed by atoms with van der Waals surface area (Å²) in [6.07, 6.45) is 0. The van der Waals surface area contributed by atoms with E-state index in [9.17, 15) is 0 Å². The Morgan fingerprint density at radius 1 is 1.00 bits per heavy atom. The van der Waals surface area contributed by atoms with Crippen LogP contribution in [0.4, 0.5) is 0 Å². The summed E-state index contributed by atoms with van der Waals surface area (Å²) in [5, 5.41) is 3.70. The molecule has 104 valence electrons. The molecule has 3 rings (SSSR count). The summed E-state index contributed by atoms with van der Waals surface area (Å²) in [6.45, 7) is 5.73. The van der Waals surface area contributed by atoms with Gasteiger partial charge in [0.25, 0.3) is 0 Å². The highest BCUT2D eigenvalue weighted by Crippen LogP contribution is 2.43. The second-order valence-corrected chi connectivity index (χ2v) is 5.33. The van der Waals surface area contributed by atoms with Crippen LogP contribution >= 0.6 is 0 Å². The molecule has 0 radical (unpaired) electrons. The normalized spacial score (nSPS) is 14.9. The molecule has 0 aromatic heterocycles. The molecule has 0 aliphatic heterocycles. The van der Waals surface area contributed by atoms with Gasteiger partial charge in [-0.05, 0) is 36.1 Å². The predicted molar refractivity (Wildman–Crippen MR) is 82.8 cm³/mol.